The minimum atomic E-state index is -1.09. The van der Waals surface area contributed by atoms with Gasteiger partial charge < -0.3 is 14.4 Å². The molecule has 5 nitrogen and oxygen atoms in total. The number of benzene rings is 1. The molecule has 1 fully saturated rings. The summed E-state index contributed by atoms with van der Waals surface area (Å²) in [4.78, 5) is 10.7. The molecule has 2 heterocycles. The molecule has 0 radical (unpaired) electrons. The van der Waals surface area contributed by atoms with Crippen molar-refractivity contribution in [1.29, 1.82) is 0 Å². The van der Waals surface area contributed by atoms with E-state index in [2.05, 4.69) is 5.16 Å². The average Bonchev–Trinajstić information content (AvgIpc) is 2.76. The van der Waals surface area contributed by atoms with Crippen LogP contribution in [0, 0.1) is 0 Å². The third-order valence-electron chi connectivity index (χ3n) is 3.01. The molecule has 0 bridgehead atoms. The van der Waals surface area contributed by atoms with E-state index in [1.165, 1.54) is 11.6 Å². The Morgan fingerprint density at radius 2 is 2.17 bits per heavy atom. The van der Waals surface area contributed by atoms with E-state index in [1.807, 2.05) is 24.3 Å². The number of nitrogens with zero attached hydrogens (tertiary/aromatic N) is 1. The van der Waals surface area contributed by atoms with E-state index in [-0.39, 0.29) is 5.69 Å². The van der Waals surface area contributed by atoms with Crippen molar-refractivity contribution in [3.05, 3.63) is 41.6 Å². The van der Waals surface area contributed by atoms with Gasteiger partial charge in [-0.15, -0.1) is 0 Å². The number of hydrogen-bond acceptors (Lipinski definition) is 4. The molecule has 1 N–H and O–H groups in total. The van der Waals surface area contributed by atoms with Crippen molar-refractivity contribution >= 4 is 5.97 Å². The van der Waals surface area contributed by atoms with Crippen molar-refractivity contribution in [2.24, 2.45) is 0 Å². The maximum absolute atomic E-state index is 10.7. The Bertz CT molecular complexity index is 586. The minimum absolute atomic E-state index is 0.0811. The molecule has 0 atom stereocenters. The third kappa shape index (κ3) is 1.89. The topological polar surface area (TPSA) is 72.6 Å². The first-order chi connectivity index (χ1) is 8.74. The lowest BCUT2D eigenvalue weighted by Gasteiger charge is -2.26. The number of carboxylic acid groups (broad SMARTS) is 1. The Labute approximate surface area is 103 Å². The van der Waals surface area contributed by atoms with E-state index in [4.69, 9.17) is 14.4 Å². The van der Waals surface area contributed by atoms with Gasteiger partial charge in [0.25, 0.3) is 0 Å². The number of carboxylic acids is 1. The van der Waals surface area contributed by atoms with E-state index in [0.29, 0.717) is 11.7 Å². The molecule has 1 aromatic carbocycles. The second kappa shape index (κ2) is 4.27. The molecule has 18 heavy (non-hydrogen) atoms. The first kappa shape index (κ1) is 11.0. The fourth-order valence-electron chi connectivity index (χ4n) is 1.89. The van der Waals surface area contributed by atoms with E-state index < -0.39 is 5.97 Å². The highest BCUT2D eigenvalue weighted by Crippen LogP contribution is 2.28. The smallest absolute Gasteiger partial charge is 0.358 e. The van der Waals surface area contributed by atoms with Crippen LogP contribution in [0.25, 0.3) is 11.3 Å². The Hall–Kier alpha value is -2.14. The zero-order valence-corrected chi connectivity index (χ0v) is 9.50. The Morgan fingerprint density at radius 3 is 2.78 bits per heavy atom. The van der Waals surface area contributed by atoms with Crippen LogP contribution in [-0.2, 0) is 4.74 Å². The van der Waals surface area contributed by atoms with Crippen LogP contribution < -0.4 is 0 Å². The number of aromatic nitrogens is 1. The van der Waals surface area contributed by atoms with Crippen LogP contribution in [0.4, 0.5) is 0 Å². The first-order valence-electron chi connectivity index (χ1n) is 5.62. The SMILES string of the molecule is O=C(O)c1cc(-c2cccc(C3COC3)c2)on1. The lowest BCUT2D eigenvalue weighted by atomic mass is 9.95. The number of ether oxygens (including phenoxy) is 1. The Kier molecular flexibility index (Phi) is 2.60. The molecular weight excluding hydrogens is 234 g/mol. The van der Waals surface area contributed by atoms with Crippen molar-refractivity contribution in [2.45, 2.75) is 5.92 Å². The van der Waals surface area contributed by atoms with Gasteiger partial charge in [-0.1, -0.05) is 23.4 Å². The van der Waals surface area contributed by atoms with Gasteiger partial charge in [-0.2, -0.15) is 0 Å². The van der Waals surface area contributed by atoms with Crippen LogP contribution in [-0.4, -0.2) is 29.4 Å². The van der Waals surface area contributed by atoms with Gasteiger partial charge in [0.15, 0.2) is 11.5 Å². The third-order valence-corrected chi connectivity index (χ3v) is 3.01. The van der Waals surface area contributed by atoms with Gasteiger partial charge in [0.1, 0.15) is 0 Å². The molecule has 92 valence electrons. The highest BCUT2D eigenvalue weighted by atomic mass is 16.5. The van der Waals surface area contributed by atoms with E-state index in [9.17, 15) is 4.79 Å². The predicted octanol–water partition coefficient (Wildman–Crippen LogP) is 2.15. The van der Waals surface area contributed by atoms with Gasteiger partial charge >= 0.3 is 5.97 Å². The van der Waals surface area contributed by atoms with Gasteiger partial charge in [-0.25, -0.2) is 4.79 Å². The summed E-state index contributed by atoms with van der Waals surface area (Å²) in [7, 11) is 0. The fraction of sp³-hybridized carbons (Fsp3) is 0.231. The van der Waals surface area contributed by atoms with Crippen LogP contribution in [0.1, 0.15) is 22.0 Å². The summed E-state index contributed by atoms with van der Waals surface area (Å²) in [6, 6.07) is 9.24. The molecule has 1 aliphatic rings. The Balaban J connectivity index is 1.92. The van der Waals surface area contributed by atoms with Crippen LogP contribution in [0.15, 0.2) is 34.9 Å². The molecule has 1 saturated heterocycles. The number of carbonyl (C=O) groups is 1. The van der Waals surface area contributed by atoms with Crippen LogP contribution in [0.2, 0.25) is 0 Å². The summed E-state index contributed by atoms with van der Waals surface area (Å²) < 4.78 is 10.2. The van der Waals surface area contributed by atoms with Gasteiger partial charge in [0.05, 0.1) is 13.2 Å². The molecule has 2 aromatic rings. The van der Waals surface area contributed by atoms with Crippen LogP contribution >= 0.6 is 0 Å². The second-order valence-corrected chi connectivity index (χ2v) is 4.24. The van der Waals surface area contributed by atoms with Gasteiger partial charge in [-0.3, -0.25) is 0 Å². The Morgan fingerprint density at radius 1 is 1.33 bits per heavy atom. The predicted molar refractivity (Wildman–Crippen MR) is 62.5 cm³/mol. The zero-order chi connectivity index (χ0) is 12.5. The normalized spacial score (nSPS) is 15.3. The van der Waals surface area contributed by atoms with Crippen molar-refractivity contribution in [3.8, 4) is 11.3 Å². The molecule has 5 heteroatoms. The maximum Gasteiger partial charge on any atom is 0.358 e. The lowest BCUT2D eigenvalue weighted by molar-refractivity contribution is 0.00843. The summed E-state index contributed by atoms with van der Waals surface area (Å²) in [5.41, 5.74) is 1.92. The van der Waals surface area contributed by atoms with E-state index in [1.54, 1.807) is 0 Å². The maximum atomic E-state index is 10.7. The summed E-state index contributed by atoms with van der Waals surface area (Å²) in [5, 5.41) is 12.3. The number of rotatable bonds is 3. The van der Waals surface area contributed by atoms with Crippen molar-refractivity contribution in [3.63, 3.8) is 0 Å². The monoisotopic (exact) mass is 245 g/mol. The van der Waals surface area contributed by atoms with Gasteiger partial charge in [0.2, 0.25) is 0 Å². The standard InChI is InChI=1S/C13H11NO4/c15-13(16)11-5-12(18-14-11)9-3-1-2-8(4-9)10-6-17-7-10/h1-5,10H,6-7H2,(H,15,16). The molecule has 0 saturated carbocycles. The molecule has 3 rings (SSSR count). The molecule has 1 aromatic heterocycles. The van der Waals surface area contributed by atoms with Crippen molar-refractivity contribution in [1.82, 2.24) is 5.16 Å². The quantitative estimate of drug-likeness (QED) is 0.896. The summed E-state index contributed by atoms with van der Waals surface area (Å²) in [6.07, 6.45) is 0. The van der Waals surface area contributed by atoms with E-state index in [0.717, 1.165) is 18.8 Å². The van der Waals surface area contributed by atoms with Gasteiger partial charge in [-0.05, 0) is 11.6 Å². The highest BCUT2D eigenvalue weighted by Gasteiger charge is 2.21. The minimum Gasteiger partial charge on any atom is -0.476 e. The van der Waals surface area contributed by atoms with Gasteiger partial charge in [0, 0.05) is 17.5 Å². The largest absolute Gasteiger partial charge is 0.476 e. The molecular formula is C13H11NO4. The fourth-order valence-corrected chi connectivity index (χ4v) is 1.89. The number of aromatic carboxylic acids is 1. The molecule has 0 unspecified atom stereocenters. The average molecular weight is 245 g/mol. The van der Waals surface area contributed by atoms with Crippen molar-refractivity contribution in [2.75, 3.05) is 13.2 Å². The molecule has 0 spiro atoms. The number of hydrogen-bond donors (Lipinski definition) is 1. The lowest BCUT2D eigenvalue weighted by Crippen LogP contribution is -2.24. The van der Waals surface area contributed by atoms with Crippen molar-refractivity contribution < 1.29 is 19.2 Å². The van der Waals surface area contributed by atoms with Crippen LogP contribution in [0.3, 0.4) is 0 Å². The summed E-state index contributed by atoms with van der Waals surface area (Å²) in [6.45, 7) is 1.47. The molecule has 0 aliphatic carbocycles. The first-order valence-corrected chi connectivity index (χ1v) is 5.62. The summed E-state index contributed by atoms with van der Waals surface area (Å²) >= 11 is 0. The second-order valence-electron chi connectivity index (χ2n) is 4.24. The van der Waals surface area contributed by atoms with Crippen LogP contribution in [0.5, 0.6) is 0 Å². The molecule has 0 amide bonds. The highest BCUT2D eigenvalue weighted by molar-refractivity contribution is 5.86. The summed E-state index contributed by atoms with van der Waals surface area (Å²) in [5.74, 6) is -0.199. The molecule has 1 aliphatic heterocycles. The zero-order valence-electron chi connectivity index (χ0n) is 9.50. The van der Waals surface area contributed by atoms with E-state index >= 15 is 0 Å².